The Bertz CT molecular complexity index is 896. The Morgan fingerprint density at radius 1 is 1.00 bits per heavy atom. The second kappa shape index (κ2) is 10.6. The summed E-state index contributed by atoms with van der Waals surface area (Å²) in [6.07, 6.45) is 3.20. The van der Waals surface area contributed by atoms with Gasteiger partial charge < -0.3 is 20.3 Å². The Morgan fingerprint density at radius 2 is 1.69 bits per heavy atom. The van der Waals surface area contributed by atoms with Crippen molar-refractivity contribution in [2.75, 3.05) is 32.8 Å². The van der Waals surface area contributed by atoms with Gasteiger partial charge in [-0.1, -0.05) is 48.9 Å². The lowest BCUT2D eigenvalue weighted by Crippen LogP contribution is -2.47. The molecule has 1 saturated heterocycles. The molecule has 170 valence electrons. The van der Waals surface area contributed by atoms with Crippen molar-refractivity contribution < 1.29 is 18.7 Å². The predicted octanol–water partition coefficient (Wildman–Crippen LogP) is 3.61. The highest BCUT2D eigenvalue weighted by Crippen LogP contribution is 2.37. The third kappa shape index (κ3) is 5.46. The molecule has 0 aromatic heterocycles. The Hall–Kier alpha value is -2.93. The summed E-state index contributed by atoms with van der Waals surface area (Å²) in [7, 11) is 0. The van der Waals surface area contributed by atoms with Gasteiger partial charge in [0.2, 0.25) is 5.91 Å². The van der Waals surface area contributed by atoms with Crippen LogP contribution in [0.2, 0.25) is 0 Å². The molecule has 7 heteroatoms. The number of rotatable bonds is 7. The molecule has 2 aliphatic rings. The zero-order chi connectivity index (χ0) is 22.3. The molecule has 2 fully saturated rings. The van der Waals surface area contributed by atoms with Gasteiger partial charge in [0.05, 0.1) is 25.2 Å². The number of urea groups is 1. The van der Waals surface area contributed by atoms with Crippen molar-refractivity contribution in [1.29, 1.82) is 0 Å². The fourth-order valence-corrected chi connectivity index (χ4v) is 4.34. The number of amides is 3. The van der Waals surface area contributed by atoms with Gasteiger partial charge >= 0.3 is 6.03 Å². The average molecular weight is 440 g/mol. The summed E-state index contributed by atoms with van der Waals surface area (Å²) >= 11 is 0. The minimum Gasteiger partial charge on any atom is -0.378 e. The molecule has 0 spiro atoms. The fraction of sp³-hybridized carbons (Fsp3) is 0.440. The van der Waals surface area contributed by atoms with E-state index in [1.54, 1.807) is 17.0 Å². The normalized spacial score (nSPS) is 18.3. The van der Waals surface area contributed by atoms with Gasteiger partial charge in [0.1, 0.15) is 5.82 Å². The number of nitrogens with one attached hydrogen (secondary N) is 2. The smallest absolute Gasteiger partial charge is 0.315 e. The molecule has 3 amide bonds. The van der Waals surface area contributed by atoms with Crippen molar-refractivity contribution in [2.45, 2.75) is 31.2 Å². The number of carbonyl (C=O) groups excluding carboxylic acids is 2. The first-order valence-electron chi connectivity index (χ1n) is 11.3. The molecule has 2 unspecified atom stereocenters. The molecule has 1 aliphatic carbocycles. The number of hydrogen-bond acceptors (Lipinski definition) is 3. The standard InChI is InChI=1S/C25H30FN3O3/c26-21-11-9-20(10-12-21)23(19-7-4-8-19)28-25(31)27-17-22(18-5-2-1-3-6-18)24(30)29-13-15-32-16-14-29/h1-3,5-6,9-12,19,22-23H,4,7-8,13-17H2,(H2,27,28,31). The Labute approximate surface area is 188 Å². The molecule has 0 radical (unpaired) electrons. The third-order valence-electron chi connectivity index (χ3n) is 6.43. The fourth-order valence-electron chi connectivity index (χ4n) is 4.34. The van der Waals surface area contributed by atoms with Crippen LogP contribution in [0.3, 0.4) is 0 Å². The molecule has 2 atom stereocenters. The van der Waals surface area contributed by atoms with Crippen molar-refractivity contribution in [3.63, 3.8) is 0 Å². The van der Waals surface area contributed by atoms with Crippen molar-refractivity contribution >= 4 is 11.9 Å². The maximum atomic E-state index is 13.4. The first kappa shape index (κ1) is 22.3. The average Bonchev–Trinajstić information content (AvgIpc) is 2.79. The molecule has 4 rings (SSSR count). The Kier molecular flexibility index (Phi) is 7.37. The summed E-state index contributed by atoms with van der Waals surface area (Å²) in [6, 6.07) is 15.4. The number of nitrogens with zero attached hydrogens (tertiary/aromatic N) is 1. The van der Waals surface area contributed by atoms with Crippen LogP contribution < -0.4 is 10.6 Å². The highest BCUT2D eigenvalue weighted by atomic mass is 19.1. The van der Waals surface area contributed by atoms with Crippen molar-refractivity contribution in [1.82, 2.24) is 15.5 Å². The van der Waals surface area contributed by atoms with Gasteiger partial charge in [-0.25, -0.2) is 9.18 Å². The van der Waals surface area contributed by atoms with E-state index in [1.807, 2.05) is 30.3 Å². The molecular formula is C25H30FN3O3. The van der Waals surface area contributed by atoms with Crippen LogP contribution in [0, 0.1) is 11.7 Å². The van der Waals surface area contributed by atoms with Gasteiger partial charge in [-0.15, -0.1) is 0 Å². The maximum absolute atomic E-state index is 13.4. The minimum absolute atomic E-state index is 0.00567. The van der Waals surface area contributed by atoms with Gasteiger partial charge in [0.15, 0.2) is 0 Å². The van der Waals surface area contributed by atoms with E-state index < -0.39 is 5.92 Å². The lowest BCUT2D eigenvalue weighted by atomic mass is 9.77. The number of morpholine rings is 1. The zero-order valence-electron chi connectivity index (χ0n) is 18.1. The van der Waals surface area contributed by atoms with Crippen molar-refractivity contribution in [2.24, 2.45) is 5.92 Å². The van der Waals surface area contributed by atoms with Crippen LogP contribution in [0.5, 0.6) is 0 Å². The van der Waals surface area contributed by atoms with Gasteiger partial charge in [-0.2, -0.15) is 0 Å². The quantitative estimate of drug-likeness (QED) is 0.693. The van der Waals surface area contributed by atoms with E-state index in [1.165, 1.54) is 12.1 Å². The molecule has 32 heavy (non-hydrogen) atoms. The van der Waals surface area contributed by atoms with Crippen LogP contribution in [-0.4, -0.2) is 49.7 Å². The number of hydrogen-bond donors (Lipinski definition) is 2. The highest BCUT2D eigenvalue weighted by molar-refractivity contribution is 5.85. The van der Waals surface area contributed by atoms with E-state index in [0.717, 1.165) is 30.4 Å². The van der Waals surface area contributed by atoms with Crippen LogP contribution in [0.4, 0.5) is 9.18 Å². The molecule has 1 aliphatic heterocycles. The van der Waals surface area contributed by atoms with E-state index in [9.17, 15) is 14.0 Å². The third-order valence-corrected chi connectivity index (χ3v) is 6.43. The summed E-state index contributed by atoms with van der Waals surface area (Å²) in [5.41, 5.74) is 1.77. The second-order valence-electron chi connectivity index (χ2n) is 8.48. The van der Waals surface area contributed by atoms with Crippen LogP contribution in [-0.2, 0) is 9.53 Å². The number of carbonyl (C=O) groups is 2. The Morgan fingerprint density at radius 3 is 2.31 bits per heavy atom. The SMILES string of the molecule is O=C(NCC(C(=O)N1CCOCC1)c1ccccc1)NC(c1ccc(F)cc1)C1CCC1. The van der Waals surface area contributed by atoms with Gasteiger partial charge in [-0.05, 0) is 42.0 Å². The predicted molar refractivity (Wildman–Crippen MR) is 120 cm³/mol. The summed E-state index contributed by atoms with van der Waals surface area (Å²) in [5, 5.41) is 5.98. The van der Waals surface area contributed by atoms with Crippen LogP contribution >= 0.6 is 0 Å². The number of benzene rings is 2. The van der Waals surface area contributed by atoms with Crippen molar-refractivity contribution in [3.8, 4) is 0 Å². The lowest BCUT2D eigenvalue weighted by molar-refractivity contribution is -0.136. The topological polar surface area (TPSA) is 70.7 Å². The second-order valence-corrected chi connectivity index (χ2v) is 8.48. The number of ether oxygens (including phenoxy) is 1. The van der Waals surface area contributed by atoms with Crippen LogP contribution in [0.25, 0.3) is 0 Å². The van der Waals surface area contributed by atoms with Crippen LogP contribution in [0.1, 0.15) is 42.3 Å². The first-order chi connectivity index (χ1) is 15.6. The molecular weight excluding hydrogens is 409 g/mol. The van der Waals surface area contributed by atoms with E-state index in [-0.39, 0.29) is 30.3 Å². The Balaban J connectivity index is 1.42. The lowest BCUT2D eigenvalue weighted by Gasteiger charge is -2.35. The van der Waals surface area contributed by atoms with Gasteiger partial charge in [0, 0.05) is 19.6 Å². The maximum Gasteiger partial charge on any atom is 0.315 e. The molecule has 2 N–H and O–H groups in total. The molecule has 0 bridgehead atoms. The van der Waals surface area contributed by atoms with E-state index in [4.69, 9.17) is 4.74 Å². The molecule has 1 saturated carbocycles. The van der Waals surface area contributed by atoms with E-state index in [0.29, 0.717) is 32.2 Å². The summed E-state index contributed by atoms with van der Waals surface area (Å²) < 4.78 is 18.7. The first-order valence-corrected chi connectivity index (χ1v) is 11.3. The number of halogens is 1. The highest BCUT2D eigenvalue weighted by Gasteiger charge is 2.31. The summed E-state index contributed by atoms with van der Waals surface area (Å²) in [4.78, 5) is 27.8. The zero-order valence-corrected chi connectivity index (χ0v) is 18.1. The summed E-state index contributed by atoms with van der Waals surface area (Å²) in [5.74, 6) is -0.425. The largest absolute Gasteiger partial charge is 0.378 e. The molecule has 2 aromatic carbocycles. The monoisotopic (exact) mass is 439 g/mol. The van der Waals surface area contributed by atoms with Crippen LogP contribution in [0.15, 0.2) is 54.6 Å². The van der Waals surface area contributed by atoms with Crippen molar-refractivity contribution in [3.05, 3.63) is 71.5 Å². The minimum atomic E-state index is -0.465. The molecule has 6 nitrogen and oxygen atoms in total. The molecule has 1 heterocycles. The summed E-state index contributed by atoms with van der Waals surface area (Å²) in [6.45, 7) is 2.38. The molecule has 2 aromatic rings. The van der Waals surface area contributed by atoms with Gasteiger partial charge in [-0.3, -0.25) is 4.79 Å². The van der Waals surface area contributed by atoms with Gasteiger partial charge in [0.25, 0.3) is 0 Å². The van der Waals surface area contributed by atoms with E-state index in [2.05, 4.69) is 10.6 Å². The van der Waals surface area contributed by atoms with E-state index >= 15 is 0 Å².